The number of hydrazone groups is 1. The molecule has 1 amide bonds. The average Bonchev–Trinajstić information content (AvgIpc) is 3.31. The molecular weight excluding hydrogens is 340 g/mol. The number of nitrogens with zero attached hydrogens (tertiary/aromatic N) is 3. The van der Waals surface area contributed by atoms with Crippen LogP contribution in [0.2, 0.25) is 0 Å². The normalized spacial score (nSPS) is 12.9. The summed E-state index contributed by atoms with van der Waals surface area (Å²) in [6.45, 7) is 0. The Morgan fingerprint density at radius 2 is 1.93 bits per heavy atom. The number of benzene rings is 2. The zero-order valence-electron chi connectivity index (χ0n) is 15.1. The Kier molecular flexibility index (Phi) is 4.70. The van der Waals surface area contributed by atoms with Crippen LogP contribution in [0.3, 0.4) is 0 Å². The van der Waals surface area contributed by atoms with E-state index in [4.69, 9.17) is 4.74 Å². The lowest BCUT2D eigenvalue weighted by Gasteiger charge is -2.04. The van der Waals surface area contributed by atoms with Gasteiger partial charge in [0.25, 0.3) is 5.91 Å². The molecule has 4 rings (SSSR count). The summed E-state index contributed by atoms with van der Waals surface area (Å²) in [7, 11) is 1.60. The lowest BCUT2D eigenvalue weighted by molar-refractivity contribution is 0.0949. The van der Waals surface area contributed by atoms with Crippen molar-refractivity contribution in [3.8, 4) is 11.4 Å². The van der Waals surface area contributed by atoms with Gasteiger partial charge in [-0.25, -0.2) is 10.1 Å². The van der Waals surface area contributed by atoms with Crippen molar-refractivity contribution in [2.45, 2.75) is 19.3 Å². The van der Waals surface area contributed by atoms with Crippen LogP contribution in [0, 0.1) is 0 Å². The van der Waals surface area contributed by atoms with E-state index in [9.17, 15) is 4.79 Å². The summed E-state index contributed by atoms with van der Waals surface area (Å²) in [5.74, 6) is 0.402. The molecule has 0 radical (unpaired) electrons. The van der Waals surface area contributed by atoms with Crippen molar-refractivity contribution in [3.63, 3.8) is 0 Å². The Hall–Kier alpha value is -3.41. The third-order valence-electron chi connectivity index (χ3n) is 4.65. The number of methoxy groups -OCH3 is 1. The van der Waals surface area contributed by atoms with Gasteiger partial charge in [0, 0.05) is 16.8 Å². The molecule has 0 aliphatic heterocycles. The molecule has 1 aliphatic carbocycles. The Balaban J connectivity index is 1.57. The number of para-hydroxylation sites is 2. The van der Waals surface area contributed by atoms with Crippen LogP contribution in [-0.4, -0.2) is 29.0 Å². The number of hydrogen-bond donors (Lipinski definition) is 1. The molecule has 0 saturated heterocycles. The maximum Gasteiger partial charge on any atom is 0.292 e. The topological polar surface area (TPSA) is 68.5 Å². The van der Waals surface area contributed by atoms with Gasteiger partial charge in [0.15, 0.2) is 5.69 Å². The van der Waals surface area contributed by atoms with Crippen LogP contribution in [-0.2, 0) is 12.8 Å². The first kappa shape index (κ1) is 17.0. The van der Waals surface area contributed by atoms with E-state index in [0.29, 0.717) is 11.4 Å². The third-order valence-corrected chi connectivity index (χ3v) is 4.65. The summed E-state index contributed by atoms with van der Waals surface area (Å²) in [5, 5.41) is 8.65. The zero-order valence-corrected chi connectivity index (χ0v) is 15.1. The summed E-state index contributed by atoms with van der Waals surface area (Å²) in [6.07, 6.45) is 4.39. The SMILES string of the molecule is COc1ccccc1/C=N/NC(=O)c1nn(-c2ccccc2)c2c1CCC2. The fourth-order valence-electron chi connectivity index (χ4n) is 3.39. The maximum atomic E-state index is 12.7. The van der Waals surface area contributed by atoms with Crippen LogP contribution in [0.1, 0.15) is 33.7 Å². The van der Waals surface area contributed by atoms with Gasteiger partial charge in [-0.1, -0.05) is 30.3 Å². The van der Waals surface area contributed by atoms with Crippen LogP contribution in [0.4, 0.5) is 0 Å². The Bertz CT molecular complexity index is 993. The fraction of sp³-hybridized carbons (Fsp3) is 0.190. The maximum absolute atomic E-state index is 12.7. The van der Waals surface area contributed by atoms with Crippen molar-refractivity contribution in [1.29, 1.82) is 0 Å². The van der Waals surface area contributed by atoms with Crippen molar-refractivity contribution in [2.24, 2.45) is 5.10 Å². The minimum atomic E-state index is -0.297. The van der Waals surface area contributed by atoms with Crippen molar-refractivity contribution in [3.05, 3.63) is 77.1 Å². The van der Waals surface area contributed by atoms with Crippen molar-refractivity contribution < 1.29 is 9.53 Å². The molecule has 6 nitrogen and oxygen atoms in total. The molecular formula is C21H20N4O2. The molecule has 136 valence electrons. The lowest BCUT2D eigenvalue weighted by atomic mass is 10.2. The van der Waals surface area contributed by atoms with E-state index in [0.717, 1.165) is 41.8 Å². The highest BCUT2D eigenvalue weighted by molar-refractivity contribution is 5.95. The van der Waals surface area contributed by atoms with E-state index in [1.165, 1.54) is 0 Å². The van der Waals surface area contributed by atoms with E-state index in [2.05, 4.69) is 15.6 Å². The van der Waals surface area contributed by atoms with Crippen LogP contribution in [0.15, 0.2) is 59.7 Å². The molecule has 0 bridgehead atoms. The predicted molar refractivity (Wildman–Crippen MR) is 104 cm³/mol. The molecule has 0 unspecified atom stereocenters. The molecule has 0 spiro atoms. The van der Waals surface area contributed by atoms with Crippen LogP contribution in [0.25, 0.3) is 5.69 Å². The second-order valence-corrected chi connectivity index (χ2v) is 6.32. The number of rotatable bonds is 5. The van der Waals surface area contributed by atoms with Gasteiger partial charge in [0.05, 0.1) is 19.0 Å². The number of ether oxygens (including phenoxy) is 1. The van der Waals surface area contributed by atoms with Crippen molar-refractivity contribution in [1.82, 2.24) is 15.2 Å². The van der Waals surface area contributed by atoms with Crippen molar-refractivity contribution >= 4 is 12.1 Å². The molecule has 0 saturated carbocycles. The molecule has 0 fully saturated rings. The smallest absolute Gasteiger partial charge is 0.292 e. The summed E-state index contributed by atoms with van der Waals surface area (Å²) < 4.78 is 7.16. The average molecular weight is 360 g/mol. The summed E-state index contributed by atoms with van der Waals surface area (Å²) in [6, 6.07) is 17.4. The number of amides is 1. The van der Waals surface area contributed by atoms with Gasteiger partial charge in [-0.05, 0) is 43.5 Å². The van der Waals surface area contributed by atoms with E-state index in [1.807, 2.05) is 59.3 Å². The van der Waals surface area contributed by atoms with Gasteiger partial charge in [0.1, 0.15) is 5.75 Å². The van der Waals surface area contributed by atoms with E-state index < -0.39 is 0 Å². The molecule has 3 aromatic rings. The van der Waals surface area contributed by atoms with Crippen molar-refractivity contribution in [2.75, 3.05) is 7.11 Å². The molecule has 27 heavy (non-hydrogen) atoms. The number of fused-ring (bicyclic) bond motifs is 1. The van der Waals surface area contributed by atoms with Gasteiger partial charge < -0.3 is 4.74 Å². The number of carbonyl (C=O) groups excluding carboxylic acids is 1. The minimum absolute atomic E-state index is 0.297. The summed E-state index contributed by atoms with van der Waals surface area (Å²) in [4.78, 5) is 12.7. The molecule has 1 aromatic heterocycles. The quantitative estimate of drug-likeness (QED) is 0.561. The number of carbonyl (C=O) groups is 1. The van der Waals surface area contributed by atoms with E-state index in [-0.39, 0.29) is 5.91 Å². The van der Waals surface area contributed by atoms with Crippen LogP contribution < -0.4 is 10.2 Å². The summed E-state index contributed by atoms with van der Waals surface area (Å²) >= 11 is 0. The standard InChI is InChI=1S/C21H20N4O2/c1-27-19-13-6-5-8-15(19)14-22-23-21(26)20-17-11-7-12-18(17)25(24-20)16-9-3-2-4-10-16/h2-6,8-10,13-14H,7,11-12H2,1H3,(H,23,26)/b22-14+. The Labute approximate surface area is 157 Å². The fourth-order valence-corrected chi connectivity index (χ4v) is 3.39. The first-order valence-corrected chi connectivity index (χ1v) is 8.90. The highest BCUT2D eigenvalue weighted by Crippen LogP contribution is 2.27. The number of aromatic nitrogens is 2. The largest absolute Gasteiger partial charge is 0.496 e. The number of nitrogens with one attached hydrogen (secondary N) is 1. The minimum Gasteiger partial charge on any atom is -0.496 e. The summed E-state index contributed by atoms with van der Waals surface area (Å²) in [5.41, 5.74) is 6.93. The van der Waals surface area contributed by atoms with Gasteiger partial charge in [-0.2, -0.15) is 10.2 Å². The van der Waals surface area contributed by atoms with Gasteiger partial charge in [-0.3, -0.25) is 4.79 Å². The molecule has 1 N–H and O–H groups in total. The molecule has 2 aromatic carbocycles. The molecule has 1 aliphatic rings. The highest BCUT2D eigenvalue weighted by Gasteiger charge is 2.26. The van der Waals surface area contributed by atoms with Gasteiger partial charge >= 0.3 is 0 Å². The molecule has 0 atom stereocenters. The van der Waals surface area contributed by atoms with Gasteiger partial charge in [0.2, 0.25) is 0 Å². The second kappa shape index (κ2) is 7.45. The van der Waals surface area contributed by atoms with E-state index in [1.54, 1.807) is 13.3 Å². The lowest BCUT2D eigenvalue weighted by Crippen LogP contribution is -2.20. The highest BCUT2D eigenvalue weighted by atomic mass is 16.5. The van der Waals surface area contributed by atoms with Crippen LogP contribution in [0.5, 0.6) is 5.75 Å². The predicted octanol–water partition coefficient (Wildman–Crippen LogP) is 3.13. The Morgan fingerprint density at radius 1 is 1.15 bits per heavy atom. The second-order valence-electron chi connectivity index (χ2n) is 6.32. The monoisotopic (exact) mass is 360 g/mol. The third kappa shape index (κ3) is 3.33. The Morgan fingerprint density at radius 3 is 2.74 bits per heavy atom. The van der Waals surface area contributed by atoms with E-state index >= 15 is 0 Å². The van der Waals surface area contributed by atoms with Gasteiger partial charge in [-0.15, -0.1) is 0 Å². The number of hydrogen-bond acceptors (Lipinski definition) is 4. The molecule has 6 heteroatoms. The zero-order chi connectivity index (χ0) is 18.6. The first-order valence-electron chi connectivity index (χ1n) is 8.90. The molecule has 1 heterocycles. The van der Waals surface area contributed by atoms with Crippen LogP contribution >= 0.6 is 0 Å². The first-order chi connectivity index (χ1) is 13.3.